The van der Waals surface area contributed by atoms with Gasteiger partial charge in [-0.15, -0.1) is 5.92 Å². The van der Waals surface area contributed by atoms with Crippen molar-refractivity contribution in [3.63, 3.8) is 0 Å². The van der Waals surface area contributed by atoms with Gasteiger partial charge >= 0.3 is 0 Å². The van der Waals surface area contributed by atoms with Gasteiger partial charge in [0.05, 0.1) is 0 Å². The third kappa shape index (κ3) is 5.20. The Morgan fingerprint density at radius 3 is 2.26 bits per heavy atom. The van der Waals surface area contributed by atoms with E-state index in [1.807, 2.05) is 44.2 Å². The second-order valence-electron chi connectivity index (χ2n) is 10.3. The second-order valence-corrected chi connectivity index (χ2v) is 10.3. The summed E-state index contributed by atoms with van der Waals surface area (Å²) in [4.78, 5) is 43.5. The van der Waals surface area contributed by atoms with Crippen LogP contribution < -0.4 is 0 Å². The van der Waals surface area contributed by atoms with Gasteiger partial charge in [0.1, 0.15) is 23.3 Å². The molecule has 0 atom stereocenters. The normalized spacial score (nSPS) is 24.6. The van der Waals surface area contributed by atoms with E-state index < -0.39 is 5.92 Å². The Bertz CT molecular complexity index is 1120. The summed E-state index contributed by atoms with van der Waals surface area (Å²) >= 11 is 0. The molecule has 4 rings (SSSR count). The Hall–Kier alpha value is -3.06. The zero-order valence-corrected chi connectivity index (χ0v) is 20.4. The van der Waals surface area contributed by atoms with Gasteiger partial charge in [-0.05, 0) is 98.7 Å². The molecule has 2 fully saturated rings. The molecule has 0 unspecified atom stereocenters. The molecule has 0 saturated heterocycles. The fourth-order valence-electron chi connectivity index (χ4n) is 6.10. The summed E-state index contributed by atoms with van der Waals surface area (Å²) < 4.78 is 0. The van der Waals surface area contributed by atoms with Gasteiger partial charge in [-0.3, -0.25) is 19.4 Å². The molecule has 0 radical (unpaired) electrons. The maximum Gasteiger partial charge on any atom is 0.148 e. The molecule has 4 heteroatoms. The van der Waals surface area contributed by atoms with Gasteiger partial charge in [-0.25, -0.2) is 0 Å². The van der Waals surface area contributed by atoms with E-state index in [0.717, 1.165) is 53.6 Å². The van der Waals surface area contributed by atoms with Crippen molar-refractivity contribution < 1.29 is 14.4 Å². The lowest BCUT2D eigenvalue weighted by atomic mass is 9.59. The fourth-order valence-corrected chi connectivity index (χ4v) is 6.10. The minimum Gasteiger partial charge on any atom is -0.299 e. The van der Waals surface area contributed by atoms with Crippen LogP contribution in [0.1, 0.15) is 85.7 Å². The van der Waals surface area contributed by atoms with Crippen LogP contribution in [0.25, 0.3) is 0 Å². The summed E-state index contributed by atoms with van der Waals surface area (Å²) in [5.74, 6) is 6.01. The van der Waals surface area contributed by atoms with Crippen LogP contribution in [0.2, 0.25) is 0 Å². The van der Waals surface area contributed by atoms with Crippen LogP contribution in [0.4, 0.5) is 0 Å². The third-order valence-electron chi connectivity index (χ3n) is 7.68. The highest BCUT2D eigenvalue weighted by molar-refractivity contribution is 6.10. The van der Waals surface area contributed by atoms with Gasteiger partial charge in [0.15, 0.2) is 0 Å². The molecule has 1 heterocycles. The average Bonchev–Trinajstić information content (AvgIpc) is 2.78. The van der Waals surface area contributed by atoms with Crippen LogP contribution in [-0.2, 0) is 20.8 Å². The Morgan fingerprint density at radius 2 is 1.71 bits per heavy atom. The van der Waals surface area contributed by atoms with E-state index in [2.05, 4.69) is 16.8 Å². The number of nitrogens with zero attached hydrogens (tertiary/aromatic N) is 1. The van der Waals surface area contributed by atoms with E-state index in [0.29, 0.717) is 31.6 Å². The third-order valence-corrected chi connectivity index (χ3v) is 7.68. The molecule has 4 nitrogen and oxygen atoms in total. The molecule has 2 aromatic rings. The summed E-state index contributed by atoms with van der Waals surface area (Å²) in [7, 11) is 0. The number of hydrogen-bond donors (Lipinski definition) is 0. The molecule has 176 valence electrons. The molecule has 1 spiro atoms. The number of aryl methyl sites for hydroxylation is 2. The number of aromatic nitrogens is 1. The number of benzene rings is 1. The summed E-state index contributed by atoms with van der Waals surface area (Å²) in [6.07, 6.45) is 7.09. The zero-order valence-electron chi connectivity index (χ0n) is 20.4. The predicted octanol–water partition coefficient (Wildman–Crippen LogP) is 5.46. The molecule has 0 aliphatic heterocycles. The molecule has 1 aromatic heterocycles. The van der Waals surface area contributed by atoms with Crippen molar-refractivity contribution in [2.24, 2.45) is 11.3 Å². The van der Waals surface area contributed by atoms with Crippen LogP contribution in [0.3, 0.4) is 0 Å². The molecular weight excluding hydrogens is 422 g/mol. The van der Waals surface area contributed by atoms with Crippen molar-refractivity contribution in [1.29, 1.82) is 0 Å². The van der Waals surface area contributed by atoms with Crippen molar-refractivity contribution >= 4 is 17.3 Å². The summed E-state index contributed by atoms with van der Waals surface area (Å²) in [6, 6.07) is 9.61. The lowest BCUT2D eigenvalue weighted by Gasteiger charge is -2.43. The topological polar surface area (TPSA) is 64.1 Å². The van der Waals surface area contributed by atoms with Gasteiger partial charge < -0.3 is 0 Å². The minimum atomic E-state index is -0.646. The minimum absolute atomic E-state index is 0.0569. The monoisotopic (exact) mass is 455 g/mol. The summed E-state index contributed by atoms with van der Waals surface area (Å²) in [6.45, 7) is 5.75. The van der Waals surface area contributed by atoms with Gasteiger partial charge in [-0.1, -0.05) is 12.0 Å². The summed E-state index contributed by atoms with van der Waals surface area (Å²) in [5.41, 5.74) is 4.33. The van der Waals surface area contributed by atoms with E-state index in [1.54, 1.807) is 13.1 Å². The van der Waals surface area contributed by atoms with Crippen molar-refractivity contribution in [2.75, 3.05) is 0 Å². The fraction of sp³-hybridized carbons (Fsp3) is 0.467. The molecule has 2 saturated carbocycles. The lowest BCUT2D eigenvalue weighted by molar-refractivity contribution is -0.138. The Morgan fingerprint density at radius 1 is 1.06 bits per heavy atom. The van der Waals surface area contributed by atoms with Gasteiger partial charge in [0, 0.05) is 43.1 Å². The second kappa shape index (κ2) is 10.1. The van der Waals surface area contributed by atoms with E-state index in [-0.39, 0.29) is 22.8 Å². The molecular formula is C30H33NO3. The number of pyridine rings is 1. The average molecular weight is 456 g/mol. The van der Waals surface area contributed by atoms with Crippen molar-refractivity contribution in [3.8, 4) is 11.8 Å². The highest BCUT2D eigenvalue weighted by Gasteiger charge is 2.47. The number of Topliss-reactive ketones (excluding diaryl/α,β-unsaturated/α-hetero) is 3. The number of rotatable bonds is 5. The molecule has 1 aromatic carbocycles. The summed E-state index contributed by atoms with van der Waals surface area (Å²) in [5, 5.41) is 0. The van der Waals surface area contributed by atoms with Crippen LogP contribution in [-0.4, -0.2) is 22.3 Å². The molecule has 0 amide bonds. The molecule has 34 heavy (non-hydrogen) atoms. The number of ketones is 3. The lowest BCUT2D eigenvalue weighted by Crippen LogP contribution is -2.42. The first-order chi connectivity index (χ1) is 16.3. The number of carbonyl (C=O) groups is 3. The maximum atomic E-state index is 13.3. The van der Waals surface area contributed by atoms with Crippen molar-refractivity contribution in [3.05, 3.63) is 64.5 Å². The van der Waals surface area contributed by atoms with E-state index in [9.17, 15) is 14.4 Å². The molecule has 0 bridgehead atoms. The first kappa shape index (κ1) is 24.1. The molecule has 0 N–H and O–H groups in total. The van der Waals surface area contributed by atoms with Crippen molar-refractivity contribution in [1.82, 2.24) is 4.98 Å². The van der Waals surface area contributed by atoms with Gasteiger partial charge in [-0.2, -0.15) is 0 Å². The Labute approximate surface area is 202 Å². The van der Waals surface area contributed by atoms with Crippen LogP contribution in [0, 0.1) is 37.0 Å². The largest absolute Gasteiger partial charge is 0.299 e. The first-order valence-corrected chi connectivity index (χ1v) is 12.3. The van der Waals surface area contributed by atoms with Crippen LogP contribution >= 0.6 is 0 Å². The maximum absolute atomic E-state index is 13.3. The molecule has 2 aliphatic rings. The quantitative estimate of drug-likeness (QED) is 0.443. The smallest absolute Gasteiger partial charge is 0.148 e. The van der Waals surface area contributed by atoms with Crippen LogP contribution in [0.15, 0.2) is 36.5 Å². The van der Waals surface area contributed by atoms with Crippen LogP contribution in [0.5, 0.6) is 0 Å². The standard InChI is InChI=1S/C30H33NO3/c1-4-7-23-14-20(2)28(21(3)15-23)29-26(33)18-30(19-27(29)34)11-9-22(10-12-30)16-25(32)17-24-8-5-6-13-31-24/h5-6,8,13-15,22,29H,9-12,16-19H2,1-3H3. The Balaban J connectivity index is 1.39. The highest BCUT2D eigenvalue weighted by atomic mass is 16.2. The van der Waals surface area contributed by atoms with E-state index >= 15 is 0 Å². The van der Waals surface area contributed by atoms with E-state index in [4.69, 9.17) is 0 Å². The Kier molecular flexibility index (Phi) is 7.12. The zero-order chi connectivity index (χ0) is 24.3. The van der Waals surface area contributed by atoms with E-state index in [1.165, 1.54) is 0 Å². The SMILES string of the molecule is CC#Cc1cc(C)c(C2C(=O)CC3(CCC(CC(=O)Cc4ccccn4)CC3)CC2=O)c(C)c1. The first-order valence-electron chi connectivity index (χ1n) is 12.3. The number of carbonyl (C=O) groups excluding carboxylic acids is 3. The molecule has 2 aliphatic carbocycles. The number of hydrogen-bond acceptors (Lipinski definition) is 4. The van der Waals surface area contributed by atoms with Gasteiger partial charge in [0.2, 0.25) is 0 Å². The highest BCUT2D eigenvalue weighted by Crippen LogP contribution is 2.50. The van der Waals surface area contributed by atoms with Crippen molar-refractivity contribution in [2.45, 2.75) is 78.1 Å². The predicted molar refractivity (Wildman–Crippen MR) is 132 cm³/mol. The van der Waals surface area contributed by atoms with Gasteiger partial charge in [0.25, 0.3) is 0 Å².